The molecule has 0 saturated carbocycles. The SMILES string of the molecule is O=C1CSc2ccc(NC(=O)c3cccc(Oc4ccccc4)c3)cc2N1. The maximum Gasteiger partial charge on any atom is 0.255 e. The summed E-state index contributed by atoms with van der Waals surface area (Å²) in [6.45, 7) is 0. The molecule has 0 radical (unpaired) electrons. The fourth-order valence-corrected chi connectivity index (χ4v) is 3.48. The molecule has 2 N–H and O–H groups in total. The first kappa shape index (κ1) is 17.2. The number of nitrogens with one attached hydrogen (secondary N) is 2. The normalized spacial score (nSPS) is 12.7. The lowest BCUT2D eigenvalue weighted by molar-refractivity contribution is -0.113. The lowest BCUT2D eigenvalue weighted by Gasteiger charge is -2.17. The van der Waals surface area contributed by atoms with Crippen LogP contribution in [0.3, 0.4) is 0 Å². The van der Waals surface area contributed by atoms with E-state index in [1.807, 2.05) is 42.5 Å². The molecule has 0 atom stereocenters. The minimum absolute atomic E-state index is 0.0401. The number of hydrogen-bond acceptors (Lipinski definition) is 4. The molecule has 0 fully saturated rings. The van der Waals surface area contributed by atoms with Gasteiger partial charge in [-0.15, -0.1) is 11.8 Å². The number of para-hydroxylation sites is 1. The summed E-state index contributed by atoms with van der Waals surface area (Å²) in [4.78, 5) is 25.1. The third-order valence-corrected chi connectivity index (χ3v) is 5.02. The van der Waals surface area contributed by atoms with E-state index >= 15 is 0 Å². The fraction of sp³-hybridized carbons (Fsp3) is 0.0476. The molecule has 0 bridgehead atoms. The van der Waals surface area contributed by atoms with E-state index in [1.54, 1.807) is 30.3 Å². The molecule has 2 amide bonds. The summed E-state index contributed by atoms with van der Waals surface area (Å²) in [5.41, 5.74) is 1.82. The second kappa shape index (κ2) is 7.55. The van der Waals surface area contributed by atoms with Crippen LogP contribution in [0, 0.1) is 0 Å². The predicted octanol–water partition coefficient (Wildman–Crippen LogP) is 4.78. The van der Waals surface area contributed by atoms with Crippen molar-refractivity contribution in [2.24, 2.45) is 0 Å². The Balaban J connectivity index is 1.49. The van der Waals surface area contributed by atoms with E-state index in [-0.39, 0.29) is 11.8 Å². The van der Waals surface area contributed by atoms with Crippen LogP contribution in [0.25, 0.3) is 0 Å². The van der Waals surface area contributed by atoms with Crippen LogP contribution in [-0.2, 0) is 4.79 Å². The molecule has 0 aromatic heterocycles. The minimum atomic E-state index is -0.247. The molecule has 27 heavy (non-hydrogen) atoms. The molecule has 3 aromatic rings. The van der Waals surface area contributed by atoms with Crippen LogP contribution in [0.4, 0.5) is 11.4 Å². The molecule has 3 aromatic carbocycles. The molecule has 0 saturated heterocycles. The van der Waals surface area contributed by atoms with Crippen molar-refractivity contribution in [3.05, 3.63) is 78.4 Å². The highest BCUT2D eigenvalue weighted by atomic mass is 32.2. The Bertz CT molecular complexity index is 1010. The number of thioether (sulfide) groups is 1. The number of carbonyl (C=O) groups excluding carboxylic acids is 2. The van der Waals surface area contributed by atoms with Gasteiger partial charge in [-0.1, -0.05) is 24.3 Å². The van der Waals surface area contributed by atoms with E-state index in [0.29, 0.717) is 28.5 Å². The van der Waals surface area contributed by atoms with Gasteiger partial charge in [-0.05, 0) is 48.5 Å². The lowest BCUT2D eigenvalue weighted by Crippen LogP contribution is -2.19. The number of carbonyl (C=O) groups is 2. The van der Waals surface area contributed by atoms with Crippen molar-refractivity contribution >= 4 is 35.0 Å². The molecule has 134 valence electrons. The molecule has 0 unspecified atom stereocenters. The van der Waals surface area contributed by atoms with Crippen molar-refractivity contribution in [2.45, 2.75) is 4.90 Å². The van der Waals surface area contributed by atoms with Crippen LogP contribution in [0.2, 0.25) is 0 Å². The number of rotatable bonds is 4. The van der Waals surface area contributed by atoms with Gasteiger partial charge in [0.05, 0.1) is 11.4 Å². The van der Waals surface area contributed by atoms with Gasteiger partial charge in [-0.25, -0.2) is 0 Å². The molecule has 5 nitrogen and oxygen atoms in total. The summed E-state index contributed by atoms with van der Waals surface area (Å²) >= 11 is 1.48. The van der Waals surface area contributed by atoms with Crippen LogP contribution in [-0.4, -0.2) is 17.6 Å². The molecule has 0 aliphatic carbocycles. The van der Waals surface area contributed by atoms with Gasteiger partial charge in [0.25, 0.3) is 5.91 Å². The zero-order valence-corrected chi connectivity index (χ0v) is 15.1. The van der Waals surface area contributed by atoms with Gasteiger partial charge in [-0.2, -0.15) is 0 Å². The van der Waals surface area contributed by atoms with Gasteiger partial charge in [-0.3, -0.25) is 9.59 Å². The van der Waals surface area contributed by atoms with Crippen LogP contribution in [0.15, 0.2) is 77.7 Å². The van der Waals surface area contributed by atoms with Crippen LogP contribution < -0.4 is 15.4 Å². The van der Waals surface area contributed by atoms with E-state index in [9.17, 15) is 9.59 Å². The molecular weight excluding hydrogens is 360 g/mol. The Hall–Kier alpha value is -3.25. The minimum Gasteiger partial charge on any atom is -0.457 e. The number of hydrogen-bond donors (Lipinski definition) is 2. The number of amides is 2. The summed E-state index contributed by atoms with van der Waals surface area (Å²) in [6, 6.07) is 21.9. The first-order valence-electron chi connectivity index (χ1n) is 8.38. The maximum absolute atomic E-state index is 12.6. The van der Waals surface area contributed by atoms with E-state index in [1.165, 1.54) is 11.8 Å². The quantitative estimate of drug-likeness (QED) is 0.688. The highest BCUT2D eigenvalue weighted by molar-refractivity contribution is 8.00. The van der Waals surface area contributed by atoms with Crippen molar-refractivity contribution < 1.29 is 14.3 Å². The summed E-state index contributed by atoms with van der Waals surface area (Å²) in [7, 11) is 0. The van der Waals surface area contributed by atoms with E-state index in [0.717, 1.165) is 10.6 Å². The van der Waals surface area contributed by atoms with Crippen LogP contribution in [0.1, 0.15) is 10.4 Å². The Morgan fingerprint density at radius 1 is 0.963 bits per heavy atom. The van der Waals surface area contributed by atoms with Crippen molar-refractivity contribution in [1.82, 2.24) is 0 Å². The van der Waals surface area contributed by atoms with E-state index < -0.39 is 0 Å². The zero-order valence-electron chi connectivity index (χ0n) is 14.3. The Labute approximate surface area is 160 Å². The summed E-state index contributed by atoms with van der Waals surface area (Å²) in [6.07, 6.45) is 0. The third-order valence-electron chi connectivity index (χ3n) is 3.95. The molecule has 4 rings (SSSR count). The van der Waals surface area contributed by atoms with Crippen molar-refractivity contribution in [3.8, 4) is 11.5 Å². The van der Waals surface area contributed by atoms with E-state index in [2.05, 4.69) is 10.6 Å². The van der Waals surface area contributed by atoms with Crippen molar-refractivity contribution in [1.29, 1.82) is 0 Å². The second-order valence-corrected chi connectivity index (χ2v) is 6.96. The van der Waals surface area contributed by atoms with E-state index in [4.69, 9.17) is 4.74 Å². The smallest absolute Gasteiger partial charge is 0.255 e. The zero-order chi connectivity index (χ0) is 18.6. The monoisotopic (exact) mass is 376 g/mol. The topological polar surface area (TPSA) is 67.4 Å². The number of anilines is 2. The number of ether oxygens (including phenoxy) is 1. The molecule has 1 heterocycles. The van der Waals surface area contributed by atoms with Crippen LogP contribution >= 0.6 is 11.8 Å². The van der Waals surface area contributed by atoms with Gasteiger partial charge in [0.2, 0.25) is 5.91 Å². The van der Waals surface area contributed by atoms with Gasteiger partial charge in [0.1, 0.15) is 11.5 Å². The first-order chi connectivity index (χ1) is 13.2. The maximum atomic E-state index is 12.6. The molecule has 6 heteroatoms. The standard InChI is InChI=1S/C21H16N2O3S/c24-20-13-27-19-10-9-15(12-18(19)23-20)22-21(25)14-5-4-8-17(11-14)26-16-6-2-1-3-7-16/h1-12H,13H2,(H,22,25)(H,23,24). The Kier molecular flexibility index (Phi) is 4.80. The second-order valence-electron chi connectivity index (χ2n) is 5.94. The molecule has 1 aliphatic rings. The third kappa shape index (κ3) is 4.12. The van der Waals surface area contributed by atoms with Gasteiger partial charge in [0, 0.05) is 16.1 Å². The largest absolute Gasteiger partial charge is 0.457 e. The highest BCUT2D eigenvalue weighted by Crippen LogP contribution is 2.33. The summed E-state index contributed by atoms with van der Waals surface area (Å²) in [5, 5.41) is 5.68. The average Bonchev–Trinajstić information content (AvgIpc) is 2.68. The molecule has 1 aliphatic heterocycles. The van der Waals surface area contributed by atoms with Gasteiger partial charge >= 0.3 is 0 Å². The van der Waals surface area contributed by atoms with Gasteiger partial charge < -0.3 is 15.4 Å². The highest BCUT2D eigenvalue weighted by Gasteiger charge is 2.16. The summed E-state index contributed by atoms with van der Waals surface area (Å²) < 4.78 is 5.78. The summed E-state index contributed by atoms with van der Waals surface area (Å²) in [5.74, 6) is 1.42. The van der Waals surface area contributed by atoms with Gasteiger partial charge in [0.15, 0.2) is 0 Å². The van der Waals surface area contributed by atoms with Crippen LogP contribution in [0.5, 0.6) is 11.5 Å². The first-order valence-corrected chi connectivity index (χ1v) is 9.37. The lowest BCUT2D eigenvalue weighted by atomic mass is 10.2. The predicted molar refractivity (Wildman–Crippen MR) is 107 cm³/mol. The number of fused-ring (bicyclic) bond motifs is 1. The fourth-order valence-electron chi connectivity index (χ4n) is 2.69. The van der Waals surface area contributed by atoms with Crippen molar-refractivity contribution in [3.63, 3.8) is 0 Å². The molecular formula is C21H16N2O3S. The Morgan fingerprint density at radius 3 is 2.63 bits per heavy atom. The average molecular weight is 376 g/mol. The number of benzene rings is 3. The van der Waals surface area contributed by atoms with Crippen molar-refractivity contribution in [2.75, 3.05) is 16.4 Å². The Morgan fingerprint density at radius 2 is 1.78 bits per heavy atom. The molecule has 0 spiro atoms.